The predicted molar refractivity (Wildman–Crippen MR) is 53.3 cm³/mol. The van der Waals surface area contributed by atoms with Crippen molar-refractivity contribution in [1.82, 2.24) is 0 Å². The number of nitrogens with one attached hydrogen (secondary N) is 1. The van der Waals surface area contributed by atoms with Gasteiger partial charge in [-0.2, -0.15) is 0 Å². The fraction of sp³-hybridized carbons (Fsp3) is 0.300. The Bertz CT molecular complexity index is 350. The summed E-state index contributed by atoms with van der Waals surface area (Å²) in [4.78, 5) is 10.7. The fourth-order valence-electron chi connectivity index (χ4n) is 1.11. The number of anilines is 1. The van der Waals surface area contributed by atoms with Crippen molar-refractivity contribution < 1.29 is 9.18 Å². The van der Waals surface area contributed by atoms with Gasteiger partial charge in [0.2, 0.25) is 5.91 Å². The first-order valence-electron chi connectivity index (χ1n) is 4.33. The Morgan fingerprint density at radius 3 is 2.64 bits per heavy atom. The van der Waals surface area contributed by atoms with Crippen LogP contribution >= 0.6 is 0 Å². The number of hydrogen-bond acceptors (Lipinski definition) is 2. The summed E-state index contributed by atoms with van der Waals surface area (Å²) in [6.45, 7) is 3.10. The van der Waals surface area contributed by atoms with Gasteiger partial charge in [-0.3, -0.25) is 4.79 Å². The molecule has 14 heavy (non-hydrogen) atoms. The van der Waals surface area contributed by atoms with Crippen molar-refractivity contribution >= 4 is 11.6 Å². The predicted octanol–water partition coefficient (Wildman–Crippen LogP) is 1.80. The minimum Gasteiger partial charge on any atom is -0.324 e. The lowest BCUT2D eigenvalue weighted by molar-refractivity contribution is -0.114. The molecule has 1 aromatic rings. The van der Waals surface area contributed by atoms with Crippen molar-refractivity contribution in [3.05, 3.63) is 29.6 Å². The first kappa shape index (κ1) is 10.7. The molecule has 0 saturated carbocycles. The van der Waals surface area contributed by atoms with Crippen LogP contribution in [0.4, 0.5) is 10.1 Å². The topological polar surface area (TPSA) is 55.1 Å². The van der Waals surface area contributed by atoms with E-state index in [1.807, 2.05) is 0 Å². The molecule has 1 aromatic carbocycles. The summed E-state index contributed by atoms with van der Waals surface area (Å²) in [6, 6.07) is 4.32. The van der Waals surface area contributed by atoms with E-state index in [9.17, 15) is 9.18 Å². The van der Waals surface area contributed by atoms with Crippen molar-refractivity contribution in [1.29, 1.82) is 0 Å². The lowest BCUT2D eigenvalue weighted by Gasteiger charge is -2.08. The molecule has 0 aliphatic carbocycles. The van der Waals surface area contributed by atoms with E-state index in [2.05, 4.69) is 5.32 Å². The summed E-state index contributed by atoms with van der Waals surface area (Å²) < 4.78 is 13.3. The lowest BCUT2D eigenvalue weighted by Crippen LogP contribution is -2.09. The second kappa shape index (κ2) is 4.19. The molecule has 1 unspecified atom stereocenters. The fourth-order valence-corrected chi connectivity index (χ4v) is 1.11. The SMILES string of the molecule is CC(=O)Nc1ccc(C(C)N)cc1F. The third-order valence-corrected chi connectivity index (χ3v) is 1.83. The summed E-state index contributed by atoms with van der Waals surface area (Å²) in [7, 11) is 0. The van der Waals surface area contributed by atoms with E-state index in [0.717, 1.165) is 0 Å². The highest BCUT2D eigenvalue weighted by Gasteiger charge is 2.06. The van der Waals surface area contributed by atoms with Crippen LogP contribution in [-0.4, -0.2) is 5.91 Å². The van der Waals surface area contributed by atoms with Crippen molar-refractivity contribution in [2.75, 3.05) is 5.32 Å². The van der Waals surface area contributed by atoms with Crippen molar-refractivity contribution in [3.8, 4) is 0 Å². The van der Waals surface area contributed by atoms with Gasteiger partial charge in [-0.15, -0.1) is 0 Å². The van der Waals surface area contributed by atoms with E-state index < -0.39 is 5.82 Å². The maximum absolute atomic E-state index is 13.3. The van der Waals surface area contributed by atoms with Crippen LogP contribution in [0.1, 0.15) is 25.5 Å². The summed E-state index contributed by atoms with van der Waals surface area (Å²) in [5.41, 5.74) is 6.47. The van der Waals surface area contributed by atoms with Crippen LogP contribution in [0.2, 0.25) is 0 Å². The van der Waals surface area contributed by atoms with E-state index in [-0.39, 0.29) is 17.6 Å². The third kappa shape index (κ3) is 2.53. The molecule has 0 aliphatic heterocycles. The highest BCUT2D eigenvalue weighted by molar-refractivity contribution is 5.88. The molecule has 0 heterocycles. The third-order valence-electron chi connectivity index (χ3n) is 1.83. The first-order valence-corrected chi connectivity index (χ1v) is 4.33. The van der Waals surface area contributed by atoms with Gasteiger partial charge in [-0.05, 0) is 24.6 Å². The number of benzene rings is 1. The normalized spacial score (nSPS) is 12.3. The largest absolute Gasteiger partial charge is 0.324 e. The van der Waals surface area contributed by atoms with Crippen molar-refractivity contribution in [3.63, 3.8) is 0 Å². The van der Waals surface area contributed by atoms with Crippen LogP contribution in [0.25, 0.3) is 0 Å². The van der Waals surface area contributed by atoms with Gasteiger partial charge in [-0.1, -0.05) is 6.07 Å². The van der Waals surface area contributed by atoms with Gasteiger partial charge in [-0.25, -0.2) is 4.39 Å². The summed E-state index contributed by atoms with van der Waals surface area (Å²) in [6.07, 6.45) is 0. The molecular weight excluding hydrogens is 183 g/mol. The zero-order valence-corrected chi connectivity index (χ0v) is 8.17. The highest BCUT2D eigenvalue weighted by Crippen LogP contribution is 2.18. The van der Waals surface area contributed by atoms with Gasteiger partial charge in [0.1, 0.15) is 5.82 Å². The first-order chi connectivity index (χ1) is 6.50. The van der Waals surface area contributed by atoms with Gasteiger partial charge in [0, 0.05) is 13.0 Å². The highest BCUT2D eigenvalue weighted by atomic mass is 19.1. The summed E-state index contributed by atoms with van der Waals surface area (Å²) >= 11 is 0. The molecule has 0 radical (unpaired) electrons. The van der Waals surface area contributed by atoms with Crippen LogP contribution in [0.15, 0.2) is 18.2 Å². The van der Waals surface area contributed by atoms with Crippen LogP contribution in [0.3, 0.4) is 0 Å². The molecule has 3 nitrogen and oxygen atoms in total. The Labute approximate surface area is 82.1 Å². The van der Waals surface area contributed by atoms with Crippen LogP contribution < -0.4 is 11.1 Å². The molecular formula is C10H13FN2O. The van der Waals surface area contributed by atoms with Gasteiger partial charge < -0.3 is 11.1 Å². The zero-order chi connectivity index (χ0) is 10.7. The van der Waals surface area contributed by atoms with E-state index in [1.54, 1.807) is 13.0 Å². The van der Waals surface area contributed by atoms with Crippen LogP contribution in [0.5, 0.6) is 0 Å². The van der Waals surface area contributed by atoms with Crippen LogP contribution in [0, 0.1) is 5.82 Å². The summed E-state index contributed by atoms with van der Waals surface area (Å²) in [5.74, 6) is -0.757. The average molecular weight is 196 g/mol. The molecule has 0 bridgehead atoms. The second-order valence-corrected chi connectivity index (χ2v) is 3.21. The Morgan fingerprint density at radius 1 is 1.57 bits per heavy atom. The molecule has 76 valence electrons. The van der Waals surface area contributed by atoms with Gasteiger partial charge in [0.15, 0.2) is 0 Å². The number of halogens is 1. The molecule has 0 aromatic heterocycles. The molecule has 4 heteroatoms. The monoisotopic (exact) mass is 196 g/mol. The minimum atomic E-state index is -0.463. The zero-order valence-electron chi connectivity index (χ0n) is 8.17. The minimum absolute atomic E-state index is 0.182. The maximum atomic E-state index is 13.3. The average Bonchev–Trinajstić information content (AvgIpc) is 2.07. The lowest BCUT2D eigenvalue weighted by atomic mass is 10.1. The molecule has 0 fully saturated rings. The van der Waals surface area contributed by atoms with Gasteiger partial charge in [0.05, 0.1) is 5.69 Å². The van der Waals surface area contributed by atoms with Gasteiger partial charge >= 0.3 is 0 Å². The number of nitrogens with two attached hydrogens (primary N) is 1. The Morgan fingerprint density at radius 2 is 2.21 bits per heavy atom. The number of hydrogen-bond donors (Lipinski definition) is 2. The van der Waals surface area contributed by atoms with Crippen LogP contribution in [-0.2, 0) is 4.79 Å². The Kier molecular flexibility index (Phi) is 3.19. The van der Waals surface area contributed by atoms with E-state index in [0.29, 0.717) is 5.56 Å². The quantitative estimate of drug-likeness (QED) is 0.757. The maximum Gasteiger partial charge on any atom is 0.221 e. The smallest absolute Gasteiger partial charge is 0.221 e. The van der Waals surface area contributed by atoms with Crippen molar-refractivity contribution in [2.24, 2.45) is 5.73 Å². The molecule has 0 saturated heterocycles. The van der Waals surface area contributed by atoms with Gasteiger partial charge in [0.25, 0.3) is 0 Å². The molecule has 1 atom stereocenters. The van der Waals surface area contributed by atoms with Crippen molar-refractivity contribution in [2.45, 2.75) is 19.9 Å². The Hall–Kier alpha value is -1.42. The standard InChI is InChI=1S/C10H13FN2O/c1-6(12)8-3-4-10(9(11)5-8)13-7(2)14/h3-6H,12H2,1-2H3,(H,13,14). The molecule has 3 N–H and O–H groups in total. The molecule has 1 amide bonds. The number of carbonyl (C=O) groups excluding carboxylic acids is 1. The number of amides is 1. The van der Waals surface area contributed by atoms with E-state index >= 15 is 0 Å². The van der Waals surface area contributed by atoms with E-state index in [4.69, 9.17) is 5.73 Å². The summed E-state index contributed by atoms with van der Waals surface area (Å²) in [5, 5.41) is 2.38. The molecule has 0 aliphatic rings. The molecule has 1 rings (SSSR count). The molecule has 0 spiro atoms. The van der Waals surface area contributed by atoms with E-state index in [1.165, 1.54) is 19.1 Å². The number of rotatable bonds is 2. The second-order valence-electron chi connectivity index (χ2n) is 3.21. The number of carbonyl (C=O) groups is 1. The Balaban J connectivity index is 2.95.